The zero-order chi connectivity index (χ0) is 27.9. The molecule has 3 rings (SSSR count). The van der Waals surface area contributed by atoms with Gasteiger partial charge in [-0.05, 0) is 56.2 Å². The molecule has 1 N–H and O–H groups in total. The number of halogens is 2. The summed E-state index contributed by atoms with van der Waals surface area (Å²) in [5.74, 6) is -0.862. The Kier molecular flexibility index (Phi) is 10.2. The molecule has 0 fully saturated rings. The highest BCUT2D eigenvalue weighted by atomic mass is 35.5. The van der Waals surface area contributed by atoms with Gasteiger partial charge < -0.3 is 10.2 Å². The van der Waals surface area contributed by atoms with E-state index in [1.54, 1.807) is 18.2 Å². The Hall–Kier alpha value is -3.07. The minimum absolute atomic E-state index is 0.00183. The van der Waals surface area contributed by atoms with Gasteiger partial charge in [-0.15, -0.1) is 0 Å². The van der Waals surface area contributed by atoms with Crippen LogP contribution in [-0.2, 0) is 26.2 Å². The maximum Gasteiger partial charge on any atom is 0.264 e. The predicted molar refractivity (Wildman–Crippen MR) is 152 cm³/mol. The van der Waals surface area contributed by atoms with Crippen LogP contribution in [0.5, 0.6) is 0 Å². The molecular formula is C28H31Cl2N3O4S. The molecule has 2 amide bonds. The summed E-state index contributed by atoms with van der Waals surface area (Å²) in [6, 6.07) is 20.5. The van der Waals surface area contributed by atoms with Crippen LogP contribution in [0.4, 0.5) is 5.69 Å². The Morgan fingerprint density at radius 3 is 2.08 bits per heavy atom. The van der Waals surface area contributed by atoms with Gasteiger partial charge in [0.25, 0.3) is 10.0 Å². The first-order valence-electron chi connectivity index (χ1n) is 12.2. The number of sulfonamides is 1. The summed E-state index contributed by atoms with van der Waals surface area (Å²) in [5, 5.41) is 3.27. The van der Waals surface area contributed by atoms with Gasteiger partial charge in [0, 0.05) is 17.6 Å². The topological polar surface area (TPSA) is 86.8 Å². The number of hydrogen-bond acceptors (Lipinski definition) is 4. The molecule has 0 bridgehead atoms. The number of carbonyl (C=O) groups is 2. The van der Waals surface area contributed by atoms with Crippen LogP contribution in [0.3, 0.4) is 0 Å². The lowest BCUT2D eigenvalue weighted by molar-refractivity contribution is -0.140. The standard InChI is InChI=1S/C28H31Cl2N3O4S/c1-4-25(28(35)31-20(2)3)32(18-21-11-7-5-8-12-21)27(34)19-33(26-16-15-22(29)17-24(26)30)38(36,37)23-13-9-6-10-14-23/h5-17,20,25H,4,18-19H2,1-3H3,(H,31,35)/t25-/m0/s1. The summed E-state index contributed by atoms with van der Waals surface area (Å²) in [6.07, 6.45) is 0.338. The van der Waals surface area contributed by atoms with E-state index in [9.17, 15) is 18.0 Å². The van der Waals surface area contributed by atoms with E-state index in [2.05, 4.69) is 5.32 Å². The van der Waals surface area contributed by atoms with Gasteiger partial charge in [-0.1, -0.05) is 78.7 Å². The summed E-state index contributed by atoms with van der Waals surface area (Å²) in [6.45, 7) is 5.04. The zero-order valence-corrected chi connectivity index (χ0v) is 23.8. The molecule has 0 radical (unpaired) electrons. The number of carbonyl (C=O) groups excluding carboxylic acids is 2. The second-order valence-electron chi connectivity index (χ2n) is 9.02. The van der Waals surface area contributed by atoms with Crippen LogP contribution in [0.25, 0.3) is 0 Å². The largest absolute Gasteiger partial charge is 0.352 e. The molecule has 0 aliphatic rings. The molecule has 0 unspecified atom stereocenters. The minimum atomic E-state index is -4.20. The number of nitrogens with one attached hydrogen (secondary N) is 1. The number of amides is 2. The molecule has 0 heterocycles. The fraction of sp³-hybridized carbons (Fsp3) is 0.286. The number of nitrogens with zero attached hydrogens (tertiary/aromatic N) is 2. The molecule has 7 nitrogen and oxygen atoms in total. The van der Waals surface area contributed by atoms with Crippen LogP contribution in [-0.4, -0.2) is 43.8 Å². The number of hydrogen-bond donors (Lipinski definition) is 1. The monoisotopic (exact) mass is 575 g/mol. The summed E-state index contributed by atoms with van der Waals surface area (Å²) in [4.78, 5) is 28.5. The first kappa shape index (κ1) is 29.5. The maximum atomic E-state index is 13.9. The van der Waals surface area contributed by atoms with Crippen molar-refractivity contribution >= 4 is 50.7 Å². The smallest absolute Gasteiger partial charge is 0.264 e. The Bertz CT molecular complexity index is 1350. The lowest BCUT2D eigenvalue weighted by Crippen LogP contribution is -2.53. The maximum absolute atomic E-state index is 13.9. The third-order valence-corrected chi connectivity index (χ3v) is 8.11. The van der Waals surface area contributed by atoms with Crippen molar-refractivity contribution < 1.29 is 18.0 Å². The van der Waals surface area contributed by atoms with E-state index in [1.807, 2.05) is 51.1 Å². The van der Waals surface area contributed by atoms with Crippen molar-refractivity contribution in [3.8, 4) is 0 Å². The van der Waals surface area contributed by atoms with E-state index in [4.69, 9.17) is 23.2 Å². The summed E-state index contributed by atoms with van der Waals surface area (Å²) in [7, 11) is -4.20. The van der Waals surface area contributed by atoms with Crippen LogP contribution in [0.1, 0.15) is 32.8 Å². The van der Waals surface area contributed by atoms with Gasteiger partial charge in [-0.3, -0.25) is 13.9 Å². The third kappa shape index (κ3) is 7.28. The van der Waals surface area contributed by atoms with Crippen molar-refractivity contribution in [3.05, 3.63) is 94.5 Å². The summed E-state index contributed by atoms with van der Waals surface area (Å²) < 4.78 is 28.5. The zero-order valence-electron chi connectivity index (χ0n) is 21.5. The van der Waals surface area contributed by atoms with E-state index >= 15 is 0 Å². The predicted octanol–water partition coefficient (Wildman–Crippen LogP) is 5.52. The average molecular weight is 577 g/mol. The highest BCUT2D eigenvalue weighted by Gasteiger charge is 2.34. The van der Waals surface area contributed by atoms with Crippen LogP contribution in [0.15, 0.2) is 83.8 Å². The molecule has 3 aromatic carbocycles. The van der Waals surface area contributed by atoms with Crippen LogP contribution in [0, 0.1) is 0 Å². The van der Waals surface area contributed by atoms with Gasteiger partial charge in [0.05, 0.1) is 15.6 Å². The molecule has 0 aliphatic heterocycles. The third-order valence-electron chi connectivity index (χ3n) is 5.80. The van der Waals surface area contributed by atoms with Crippen molar-refractivity contribution in [2.75, 3.05) is 10.8 Å². The molecule has 10 heteroatoms. The minimum Gasteiger partial charge on any atom is -0.352 e. The number of anilines is 1. The van der Waals surface area contributed by atoms with Crippen molar-refractivity contribution in [2.45, 2.75) is 50.7 Å². The normalized spacial score (nSPS) is 12.2. The van der Waals surface area contributed by atoms with Crippen LogP contribution < -0.4 is 9.62 Å². The fourth-order valence-electron chi connectivity index (χ4n) is 4.00. The number of rotatable bonds is 11. The molecule has 0 saturated carbocycles. The molecule has 0 spiro atoms. The lowest BCUT2D eigenvalue weighted by atomic mass is 10.1. The van der Waals surface area contributed by atoms with E-state index in [0.717, 1.165) is 9.87 Å². The van der Waals surface area contributed by atoms with Gasteiger partial charge in [0.1, 0.15) is 12.6 Å². The average Bonchev–Trinajstić information content (AvgIpc) is 2.88. The molecule has 3 aromatic rings. The van der Waals surface area contributed by atoms with Crippen molar-refractivity contribution in [3.63, 3.8) is 0 Å². The Balaban J connectivity index is 2.07. The first-order chi connectivity index (χ1) is 18.0. The lowest BCUT2D eigenvalue weighted by Gasteiger charge is -2.33. The molecule has 202 valence electrons. The SMILES string of the molecule is CC[C@@H](C(=O)NC(C)C)N(Cc1ccccc1)C(=O)CN(c1ccc(Cl)cc1Cl)S(=O)(=O)c1ccccc1. The first-order valence-corrected chi connectivity index (χ1v) is 14.4. The van der Waals surface area contributed by atoms with Crippen LogP contribution >= 0.6 is 23.2 Å². The Morgan fingerprint density at radius 2 is 1.53 bits per heavy atom. The molecule has 0 aromatic heterocycles. The highest BCUT2D eigenvalue weighted by molar-refractivity contribution is 7.92. The fourth-order valence-corrected chi connectivity index (χ4v) is 6.01. The van der Waals surface area contributed by atoms with Gasteiger partial charge in [0.2, 0.25) is 11.8 Å². The van der Waals surface area contributed by atoms with Crippen molar-refractivity contribution in [1.82, 2.24) is 10.2 Å². The van der Waals surface area contributed by atoms with E-state index in [-0.39, 0.29) is 34.1 Å². The molecule has 38 heavy (non-hydrogen) atoms. The van der Waals surface area contributed by atoms with Gasteiger partial charge in [-0.25, -0.2) is 8.42 Å². The molecule has 1 atom stereocenters. The Morgan fingerprint density at radius 1 is 0.921 bits per heavy atom. The van der Waals surface area contributed by atoms with E-state index in [1.165, 1.54) is 35.2 Å². The Labute approximate surface area is 234 Å². The van der Waals surface area contributed by atoms with Crippen molar-refractivity contribution in [2.24, 2.45) is 0 Å². The quantitative estimate of drug-likeness (QED) is 0.326. The summed E-state index contributed by atoms with van der Waals surface area (Å²) >= 11 is 12.5. The molecular weight excluding hydrogens is 545 g/mol. The van der Waals surface area contributed by atoms with Gasteiger partial charge in [-0.2, -0.15) is 0 Å². The van der Waals surface area contributed by atoms with Gasteiger partial charge >= 0.3 is 0 Å². The summed E-state index contributed by atoms with van der Waals surface area (Å²) in [5.41, 5.74) is 0.909. The number of benzene rings is 3. The molecule has 0 saturated heterocycles. The second kappa shape index (κ2) is 13.1. The highest BCUT2D eigenvalue weighted by Crippen LogP contribution is 2.33. The second-order valence-corrected chi connectivity index (χ2v) is 11.7. The molecule has 0 aliphatic carbocycles. The van der Waals surface area contributed by atoms with E-state index < -0.39 is 28.5 Å². The van der Waals surface area contributed by atoms with Crippen LogP contribution in [0.2, 0.25) is 10.0 Å². The van der Waals surface area contributed by atoms with Gasteiger partial charge in [0.15, 0.2) is 0 Å². The van der Waals surface area contributed by atoms with E-state index in [0.29, 0.717) is 11.4 Å². The van der Waals surface area contributed by atoms with Crippen molar-refractivity contribution in [1.29, 1.82) is 0 Å².